The Morgan fingerprint density at radius 3 is 2.39 bits per heavy atom. The molecule has 4 nitrogen and oxygen atoms in total. The van der Waals surface area contributed by atoms with E-state index in [1.165, 1.54) is 37.1 Å². The average Bonchev–Trinajstić information content (AvgIpc) is 2.58. The van der Waals surface area contributed by atoms with E-state index in [0.29, 0.717) is 0 Å². The predicted octanol–water partition coefficient (Wildman–Crippen LogP) is 2.99. The van der Waals surface area contributed by atoms with Crippen LogP contribution in [0.1, 0.15) is 44.2 Å². The number of benzene rings is 1. The summed E-state index contributed by atoms with van der Waals surface area (Å²) >= 11 is 0. The molecule has 1 aromatic carbocycles. The molecule has 0 aliphatic carbocycles. The Bertz CT molecular complexity index is 473. The molecule has 0 bridgehead atoms. The van der Waals surface area contributed by atoms with E-state index in [9.17, 15) is 0 Å². The van der Waals surface area contributed by atoms with Gasteiger partial charge >= 0.3 is 0 Å². The molecule has 4 heteroatoms. The highest BCUT2D eigenvalue weighted by Crippen LogP contribution is 2.18. The van der Waals surface area contributed by atoms with Gasteiger partial charge in [0.25, 0.3) is 0 Å². The van der Waals surface area contributed by atoms with Crippen molar-refractivity contribution in [2.24, 2.45) is 10.9 Å². The number of likely N-dealkylation sites (tertiary alicyclic amines) is 1. The van der Waals surface area contributed by atoms with E-state index < -0.39 is 0 Å². The second kappa shape index (κ2) is 9.56. The lowest BCUT2D eigenvalue weighted by Gasteiger charge is -2.30. The standard InChI is InChI=1S/C19H32N4/c1-4-11-21-19(20-3)22-14-17-5-7-18(8-6-17)15-23-12-9-16(2)10-13-23/h5-8,16H,4,9-15H2,1-3H3,(H2,20,21,22). The summed E-state index contributed by atoms with van der Waals surface area (Å²) in [7, 11) is 1.81. The summed E-state index contributed by atoms with van der Waals surface area (Å²) in [4.78, 5) is 6.80. The Labute approximate surface area is 141 Å². The number of hydrogen-bond acceptors (Lipinski definition) is 2. The van der Waals surface area contributed by atoms with Crippen LogP contribution >= 0.6 is 0 Å². The van der Waals surface area contributed by atoms with Crippen LogP contribution in [0.25, 0.3) is 0 Å². The molecule has 0 radical (unpaired) electrons. The number of nitrogens with zero attached hydrogens (tertiary/aromatic N) is 2. The lowest BCUT2D eigenvalue weighted by atomic mass is 9.99. The van der Waals surface area contributed by atoms with Crippen LogP contribution in [0, 0.1) is 5.92 Å². The topological polar surface area (TPSA) is 39.7 Å². The summed E-state index contributed by atoms with van der Waals surface area (Å²) in [6.45, 7) is 9.84. The molecule has 2 N–H and O–H groups in total. The SMILES string of the molecule is CCCNC(=NC)NCc1ccc(CN2CCC(C)CC2)cc1. The quantitative estimate of drug-likeness (QED) is 0.626. The second-order valence-corrected chi connectivity index (χ2v) is 6.63. The molecule has 1 aliphatic heterocycles. The van der Waals surface area contributed by atoms with Gasteiger partial charge in [-0.05, 0) is 49.4 Å². The van der Waals surface area contributed by atoms with Crippen molar-refractivity contribution >= 4 is 5.96 Å². The number of guanidine groups is 1. The molecule has 2 rings (SSSR count). The van der Waals surface area contributed by atoms with Crippen molar-refractivity contribution in [1.82, 2.24) is 15.5 Å². The van der Waals surface area contributed by atoms with E-state index in [0.717, 1.165) is 37.9 Å². The zero-order valence-electron chi connectivity index (χ0n) is 14.9. The molecular weight excluding hydrogens is 284 g/mol. The summed E-state index contributed by atoms with van der Waals surface area (Å²) in [5.74, 6) is 1.77. The molecule has 0 saturated carbocycles. The first-order valence-corrected chi connectivity index (χ1v) is 8.96. The molecule has 0 atom stereocenters. The Kier molecular flexibility index (Phi) is 7.40. The monoisotopic (exact) mass is 316 g/mol. The van der Waals surface area contributed by atoms with Crippen molar-refractivity contribution in [2.75, 3.05) is 26.7 Å². The van der Waals surface area contributed by atoms with Gasteiger partial charge in [0.15, 0.2) is 5.96 Å². The molecule has 0 amide bonds. The summed E-state index contributed by atoms with van der Waals surface area (Å²) in [6, 6.07) is 8.97. The minimum Gasteiger partial charge on any atom is -0.356 e. The smallest absolute Gasteiger partial charge is 0.191 e. The summed E-state index contributed by atoms with van der Waals surface area (Å²) in [6.07, 6.45) is 3.78. The van der Waals surface area contributed by atoms with Crippen LogP contribution in [0.4, 0.5) is 0 Å². The third-order valence-electron chi connectivity index (χ3n) is 4.53. The van der Waals surface area contributed by atoms with Crippen molar-refractivity contribution in [1.29, 1.82) is 0 Å². The number of nitrogens with one attached hydrogen (secondary N) is 2. The number of rotatable bonds is 6. The van der Waals surface area contributed by atoms with Crippen molar-refractivity contribution in [3.05, 3.63) is 35.4 Å². The van der Waals surface area contributed by atoms with Gasteiger partial charge < -0.3 is 10.6 Å². The zero-order valence-corrected chi connectivity index (χ0v) is 14.9. The van der Waals surface area contributed by atoms with E-state index in [2.05, 4.69) is 58.6 Å². The molecule has 1 aliphatic rings. The highest BCUT2D eigenvalue weighted by Gasteiger charge is 2.15. The number of piperidine rings is 1. The highest BCUT2D eigenvalue weighted by atomic mass is 15.2. The molecule has 0 aromatic heterocycles. The van der Waals surface area contributed by atoms with Gasteiger partial charge in [0.05, 0.1) is 0 Å². The number of hydrogen-bond donors (Lipinski definition) is 2. The van der Waals surface area contributed by atoms with Crippen LogP contribution < -0.4 is 10.6 Å². The normalized spacial score (nSPS) is 17.3. The molecule has 0 unspecified atom stereocenters. The van der Waals surface area contributed by atoms with Crippen molar-refractivity contribution in [2.45, 2.75) is 46.2 Å². The lowest BCUT2D eigenvalue weighted by Crippen LogP contribution is -2.37. The Hall–Kier alpha value is -1.55. The summed E-state index contributed by atoms with van der Waals surface area (Å²) in [5.41, 5.74) is 2.71. The average molecular weight is 316 g/mol. The maximum Gasteiger partial charge on any atom is 0.191 e. The van der Waals surface area contributed by atoms with Gasteiger partial charge in [0.1, 0.15) is 0 Å². The van der Waals surface area contributed by atoms with Gasteiger partial charge in [0.2, 0.25) is 0 Å². The van der Waals surface area contributed by atoms with Crippen molar-refractivity contribution < 1.29 is 0 Å². The Morgan fingerprint density at radius 2 is 1.78 bits per heavy atom. The van der Waals surface area contributed by atoms with Gasteiger partial charge in [-0.2, -0.15) is 0 Å². The molecule has 0 spiro atoms. The molecular formula is C19H32N4. The van der Waals surface area contributed by atoms with Gasteiger partial charge in [0, 0.05) is 26.7 Å². The van der Waals surface area contributed by atoms with Gasteiger partial charge in [-0.25, -0.2) is 0 Å². The van der Waals surface area contributed by atoms with Gasteiger partial charge in [-0.3, -0.25) is 9.89 Å². The highest BCUT2D eigenvalue weighted by molar-refractivity contribution is 5.79. The first kappa shape index (κ1) is 17.8. The minimum absolute atomic E-state index is 0.810. The fraction of sp³-hybridized carbons (Fsp3) is 0.632. The Balaban J connectivity index is 1.77. The maximum absolute atomic E-state index is 4.23. The number of aliphatic imine (C=N–C) groups is 1. The molecule has 1 fully saturated rings. The summed E-state index contributed by atoms with van der Waals surface area (Å²) < 4.78 is 0. The van der Waals surface area contributed by atoms with E-state index >= 15 is 0 Å². The van der Waals surface area contributed by atoms with E-state index in [4.69, 9.17) is 0 Å². The predicted molar refractivity (Wildman–Crippen MR) is 98.6 cm³/mol. The van der Waals surface area contributed by atoms with Gasteiger partial charge in [-0.15, -0.1) is 0 Å². The van der Waals surface area contributed by atoms with Crippen molar-refractivity contribution in [3.63, 3.8) is 0 Å². The zero-order chi connectivity index (χ0) is 16.5. The van der Waals surface area contributed by atoms with Crippen LogP contribution in [0.3, 0.4) is 0 Å². The molecule has 1 saturated heterocycles. The lowest BCUT2D eigenvalue weighted by molar-refractivity contribution is 0.185. The first-order chi connectivity index (χ1) is 11.2. The van der Waals surface area contributed by atoms with Crippen LogP contribution in [0.5, 0.6) is 0 Å². The van der Waals surface area contributed by atoms with Crippen LogP contribution in [0.2, 0.25) is 0 Å². The van der Waals surface area contributed by atoms with E-state index in [1.807, 2.05) is 7.05 Å². The second-order valence-electron chi connectivity index (χ2n) is 6.63. The molecule has 23 heavy (non-hydrogen) atoms. The van der Waals surface area contributed by atoms with Crippen LogP contribution in [0.15, 0.2) is 29.3 Å². The first-order valence-electron chi connectivity index (χ1n) is 8.96. The molecule has 1 heterocycles. The summed E-state index contributed by atoms with van der Waals surface area (Å²) in [5, 5.41) is 6.65. The molecule has 128 valence electrons. The molecule has 1 aromatic rings. The third kappa shape index (κ3) is 6.22. The van der Waals surface area contributed by atoms with E-state index in [-0.39, 0.29) is 0 Å². The van der Waals surface area contributed by atoms with Crippen LogP contribution in [-0.2, 0) is 13.1 Å². The van der Waals surface area contributed by atoms with Crippen molar-refractivity contribution in [3.8, 4) is 0 Å². The van der Waals surface area contributed by atoms with E-state index in [1.54, 1.807) is 0 Å². The van der Waals surface area contributed by atoms with Crippen LogP contribution in [-0.4, -0.2) is 37.5 Å². The van der Waals surface area contributed by atoms with Gasteiger partial charge in [-0.1, -0.05) is 38.1 Å². The fourth-order valence-electron chi connectivity index (χ4n) is 2.89. The largest absolute Gasteiger partial charge is 0.356 e. The third-order valence-corrected chi connectivity index (χ3v) is 4.53. The fourth-order valence-corrected chi connectivity index (χ4v) is 2.89. The Morgan fingerprint density at radius 1 is 1.13 bits per heavy atom. The maximum atomic E-state index is 4.23. The minimum atomic E-state index is 0.810.